The first-order chi connectivity index (χ1) is 7.65. The first-order valence-electron chi connectivity index (χ1n) is 5.14. The quantitative estimate of drug-likeness (QED) is 0.444. The minimum absolute atomic E-state index is 0.395. The molecule has 16 heavy (non-hydrogen) atoms. The minimum Gasteiger partial charge on any atom is -0.391 e. The largest absolute Gasteiger partial charge is 0.391 e. The number of benzene rings is 1. The highest BCUT2D eigenvalue weighted by Crippen LogP contribution is 2.10. The van der Waals surface area contributed by atoms with E-state index in [0.29, 0.717) is 6.61 Å². The third kappa shape index (κ3) is 3.70. The molecule has 0 fully saturated rings. The number of aryl methyl sites for hydroxylation is 2. The van der Waals surface area contributed by atoms with Gasteiger partial charge in [-0.15, -0.1) is 0 Å². The Morgan fingerprint density at radius 1 is 1.38 bits per heavy atom. The molecular formula is C13H16ClNO. The molecule has 3 heteroatoms. The molecule has 0 spiro atoms. The molecule has 0 aliphatic heterocycles. The van der Waals surface area contributed by atoms with Gasteiger partial charge >= 0.3 is 0 Å². The van der Waals surface area contributed by atoms with Gasteiger partial charge in [-0.3, -0.25) is 0 Å². The van der Waals surface area contributed by atoms with E-state index in [2.05, 4.69) is 31.1 Å². The second kappa shape index (κ2) is 6.33. The van der Waals surface area contributed by atoms with Crippen molar-refractivity contribution < 1.29 is 4.84 Å². The Morgan fingerprint density at radius 3 is 2.75 bits per heavy atom. The highest BCUT2D eigenvalue weighted by Gasteiger charge is 1.99. The van der Waals surface area contributed by atoms with Crippen molar-refractivity contribution in [3.05, 3.63) is 46.5 Å². The zero-order valence-electron chi connectivity index (χ0n) is 9.83. The van der Waals surface area contributed by atoms with Crippen LogP contribution in [0.1, 0.15) is 23.6 Å². The Balaban J connectivity index is 2.72. The maximum absolute atomic E-state index is 5.36. The number of nitrogens with zero attached hydrogens (tertiary/aromatic N) is 1. The summed E-state index contributed by atoms with van der Waals surface area (Å²) in [5.41, 5.74) is 5.90. The number of hydrogen-bond donors (Lipinski definition) is 0. The molecule has 0 heterocycles. The van der Waals surface area contributed by atoms with Crippen molar-refractivity contribution in [2.45, 2.75) is 20.8 Å². The topological polar surface area (TPSA) is 21.6 Å². The Kier molecular flexibility index (Phi) is 5.06. The lowest BCUT2D eigenvalue weighted by atomic mass is 10.0. The lowest BCUT2D eigenvalue weighted by Gasteiger charge is -2.04. The Bertz CT molecular complexity index is 410. The fourth-order valence-corrected chi connectivity index (χ4v) is 1.31. The molecule has 0 aliphatic carbocycles. The number of oxime groups is 1. The van der Waals surface area contributed by atoms with Crippen LogP contribution in [-0.2, 0) is 4.84 Å². The zero-order valence-corrected chi connectivity index (χ0v) is 10.6. The fourth-order valence-electron chi connectivity index (χ4n) is 1.23. The average molecular weight is 238 g/mol. The van der Waals surface area contributed by atoms with Gasteiger partial charge in [-0.05, 0) is 49.6 Å². The van der Waals surface area contributed by atoms with Gasteiger partial charge in [0.25, 0.3) is 0 Å². The lowest BCUT2D eigenvalue weighted by molar-refractivity contribution is 0.175. The van der Waals surface area contributed by atoms with Gasteiger partial charge in [0.2, 0.25) is 0 Å². The molecule has 1 aromatic carbocycles. The molecule has 1 rings (SSSR count). The van der Waals surface area contributed by atoms with Crippen LogP contribution in [0.4, 0.5) is 0 Å². The van der Waals surface area contributed by atoms with E-state index in [1.807, 2.05) is 13.0 Å². The summed E-state index contributed by atoms with van der Waals surface area (Å²) in [7, 11) is 0. The highest BCUT2D eigenvalue weighted by molar-refractivity contribution is 6.25. The molecule has 86 valence electrons. The molecule has 0 unspecified atom stereocenters. The predicted octanol–water partition coefficient (Wildman–Crippen LogP) is 3.80. The van der Waals surface area contributed by atoms with Gasteiger partial charge < -0.3 is 4.84 Å². The maximum Gasteiger partial charge on any atom is 0.136 e. The second-order valence-corrected chi connectivity index (χ2v) is 3.89. The first-order valence-corrected chi connectivity index (χ1v) is 5.58. The van der Waals surface area contributed by atoms with Crippen molar-refractivity contribution in [2.24, 2.45) is 5.16 Å². The van der Waals surface area contributed by atoms with E-state index in [0.717, 1.165) is 11.3 Å². The van der Waals surface area contributed by atoms with Crippen LogP contribution in [0, 0.1) is 13.8 Å². The summed E-state index contributed by atoms with van der Waals surface area (Å²) < 4.78 is 0. The van der Waals surface area contributed by atoms with Crippen LogP contribution in [0.3, 0.4) is 0 Å². The molecule has 0 aliphatic rings. The van der Waals surface area contributed by atoms with E-state index >= 15 is 0 Å². The number of hydrogen-bond acceptors (Lipinski definition) is 2. The van der Waals surface area contributed by atoms with E-state index < -0.39 is 0 Å². The van der Waals surface area contributed by atoms with Gasteiger partial charge in [-0.2, -0.15) is 0 Å². The third-order valence-corrected chi connectivity index (χ3v) is 2.56. The molecule has 0 N–H and O–H groups in total. The standard InChI is InChI=1S/C13H16ClNO/c1-10-5-6-13(9-11(10)2)12(3)15-16-8-4-7-14/h4-7,9H,8H2,1-3H3/b7-4+,15-12+. The van der Waals surface area contributed by atoms with E-state index in [1.54, 1.807) is 6.08 Å². The van der Waals surface area contributed by atoms with Crippen molar-refractivity contribution >= 4 is 17.3 Å². The number of halogens is 1. The van der Waals surface area contributed by atoms with Crippen LogP contribution >= 0.6 is 11.6 Å². The predicted molar refractivity (Wildman–Crippen MR) is 69.1 cm³/mol. The van der Waals surface area contributed by atoms with E-state index in [-0.39, 0.29) is 0 Å². The third-order valence-electron chi connectivity index (χ3n) is 2.39. The number of rotatable bonds is 4. The van der Waals surface area contributed by atoms with Crippen molar-refractivity contribution in [1.82, 2.24) is 0 Å². The van der Waals surface area contributed by atoms with Crippen LogP contribution in [-0.4, -0.2) is 12.3 Å². The minimum atomic E-state index is 0.395. The summed E-state index contributed by atoms with van der Waals surface area (Å²) in [6.45, 7) is 6.50. The normalized spacial score (nSPS) is 12.1. The van der Waals surface area contributed by atoms with Gasteiger partial charge in [0.15, 0.2) is 0 Å². The molecule has 0 atom stereocenters. The molecular weight excluding hydrogens is 222 g/mol. The molecule has 2 nitrogen and oxygen atoms in total. The molecule has 0 bridgehead atoms. The molecule has 0 aromatic heterocycles. The highest BCUT2D eigenvalue weighted by atomic mass is 35.5. The van der Waals surface area contributed by atoms with Crippen LogP contribution in [0.15, 0.2) is 35.0 Å². The van der Waals surface area contributed by atoms with Crippen molar-refractivity contribution in [3.8, 4) is 0 Å². The van der Waals surface area contributed by atoms with Gasteiger partial charge in [0.1, 0.15) is 6.61 Å². The van der Waals surface area contributed by atoms with Crippen molar-refractivity contribution in [1.29, 1.82) is 0 Å². The van der Waals surface area contributed by atoms with Crippen LogP contribution in [0.2, 0.25) is 0 Å². The van der Waals surface area contributed by atoms with Crippen molar-refractivity contribution in [3.63, 3.8) is 0 Å². The fraction of sp³-hybridized carbons (Fsp3) is 0.308. The second-order valence-electron chi connectivity index (χ2n) is 3.63. The van der Waals surface area contributed by atoms with Gasteiger partial charge in [-0.1, -0.05) is 28.9 Å². The summed E-state index contributed by atoms with van der Waals surface area (Å²) in [6.07, 6.45) is 1.69. The molecule has 0 saturated heterocycles. The zero-order chi connectivity index (χ0) is 12.0. The molecule has 0 radical (unpaired) electrons. The monoisotopic (exact) mass is 237 g/mol. The Hall–Kier alpha value is -1.28. The van der Waals surface area contributed by atoms with Gasteiger partial charge in [0, 0.05) is 5.54 Å². The summed E-state index contributed by atoms with van der Waals surface area (Å²) in [4.78, 5) is 5.08. The first kappa shape index (κ1) is 12.8. The SMILES string of the molecule is C/C(=N\OC/C=C/Cl)c1ccc(C)c(C)c1. The summed E-state index contributed by atoms with van der Waals surface area (Å²) in [5, 5.41) is 4.01. The van der Waals surface area contributed by atoms with Crippen LogP contribution in [0.5, 0.6) is 0 Å². The summed E-state index contributed by atoms with van der Waals surface area (Å²) in [5.74, 6) is 0. The molecule has 0 saturated carbocycles. The van der Waals surface area contributed by atoms with E-state index in [1.165, 1.54) is 16.7 Å². The summed E-state index contributed by atoms with van der Waals surface area (Å²) in [6, 6.07) is 6.24. The smallest absolute Gasteiger partial charge is 0.136 e. The molecule has 1 aromatic rings. The van der Waals surface area contributed by atoms with Crippen LogP contribution < -0.4 is 0 Å². The van der Waals surface area contributed by atoms with E-state index in [9.17, 15) is 0 Å². The lowest BCUT2D eigenvalue weighted by Crippen LogP contribution is -1.97. The Labute approximate surface area is 102 Å². The Morgan fingerprint density at radius 2 is 2.12 bits per heavy atom. The molecule has 0 amide bonds. The van der Waals surface area contributed by atoms with E-state index in [4.69, 9.17) is 16.4 Å². The van der Waals surface area contributed by atoms with Gasteiger partial charge in [-0.25, -0.2) is 0 Å². The van der Waals surface area contributed by atoms with Crippen molar-refractivity contribution in [2.75, 3.05) is 6.61 Å². The van der Waals surface area contributed by atoms with Gasteiger partial charge in [0.05, 0.1) is 5.71 Å². The summed E-state index contributed by atoms with van der Waals surface area (Å²) >= 11 is 5.36. The maximum atomic E-state index is 5.36. The average Bonchev–Trinajstić information content (AvgIpc) is 2.28. The van der Waals surface area contributed by atoms with Crippen LogP contribution in [0.25, 0.3) is 0 Å².